The third kappa shape index (κ3) is 3.06. The Bertz CT molecular complexity index is 579. The average Bonchev–Trinajstić information content (AvgIpc) is 2.16. The van der Waals surface area contributed by atoms with Gasteiger partial charge in [0.25, 0.3) is 9.05 Å². The van der Waals surface area contributed by atoms with Gasteiger partial charge >= 0.3 is 10.1 Å². The van der Waals surface area contributed by atoms with E-state index in [2.05, 4.69) is 20.6 Å². The van der Waals surface area contributed by atoms with Gasteiger partial charge < -0.3 is 0 Å². The first kappa shape index (κ1) is 13.7. The first-order valence-electron chi connectivity index (χ1n) is 3.54. The second-order valence-electron chi connectivity index (χ2n) is 2.47. The van der Waals surface area contributed by atoms with E-state index in [0.717, 1.165) is 12.1 Å². The maximum atomic E-state index is 11.3. The molecule has 0 radical (unpaired) electrons. The molecule has 16 heavy (non-hydrogen) atoms. The van der Waals surface area contributed by atoms with Crippen LogP contribution in [-0.2, 0) is 27.9 Å². The Labute approximate surface area is 101 Å². The molecule has 6 nitrogen and oxygen atoms in total. The zero-order valence-corrected chi connectivity index (χ0v) is 10.5. The van der Waals surface area contributed by atoms with Crippen LogP contribution in [0.15, 0.2) is 34.1 Å². The molecule has 0 aromatic heterocycles. The van der Waals surface area contributed by atoms with Crippen LogP contribution >= 0.6 is 22.5 Å². The lowest BCUT2D eigenvalue weighted by Gasteiger charge is -2.04. The summed E-state index contributed by atoms with van der Waals surface area (Å²) in [6.45, 7) is 0. The monoisotopic (exact) mass is 306 g/mol. The summed E-state index contributed by atoms with van der Waals surface area (Å²) in [6, 6.07) is 4.58. The van der Waals surface area contributed by atoms with Gasteiger partial charge in [0.05, 0.1) is 0 Å². The van der Waals surface area contributed by atoms with E-state index in [-0.39, 0.29) is 0 Å². The van der Waals surface area contributed by atoms with Crippen LogP contribution in [0.2, 0.25) is 0 Å². The van der Waals surface area contributed by atoms with Crippen LogP contribution in [0.25, 0.3) is 0 Å². The van der Waals surface area contributed by atoms with Gasteiger partial charge in [0.2, 0.25) is 0 Å². The quantitative estimate of drug-likeness (QED) is 0.475. The Morgan fingerprint density at radius 1 is 1.00 bits per heavy atom. The Balaban J connectivity index is 3.48. The summed E-state index contributed by atoms with van der Waals surface area (Å²) in [5.41, 5.74) is 0. The number of hydrogen-bond donors (Lipinski definition) is 0. The topological polar surface area (TPSA) is 86.7 Å². The van der Waals surface area contributed by atoms with E-state index in [4.69, 9.17) is 10.7 Å². The number of rotatable bonds is 4. The van der Waals surface area contributed by atoms with Crippen LogP contribution in [-0.4, -0.2) is 16.8 Å². The first-order chi connectivity index (χ1) is 7.29. The van der Waals surface area contributed by atoms with Crippen LogP contribution in [0.4, 0.5) is 0 Å². The SMILES string of the molecule is O=S(=O)(Cl)c1ccccc1S(=O)(=O)OOCl. The van der Waals surface area contributed by atoms with Crippen LogP contribution in [0, 0.1) is 0 Å². The summed E-state index contributed by atoms with van der Waals surface area (Å²) in [5, 5.41) is 0. The van der Waals surface area contributed by atoms with Crippen molar-refractivity contribution in [3.63, 3.8) is 0 Å². The van der Waals surface area contributed by atoms with Gasteiger partial charge in [-0.15, -0.1) is 4.44 Å². The normalized spacial score (nSPS) is 12.6. The van der Waals surface area contributed by atoms with Gasteiger partial charge in [0, 0.05) is 10.7 Å². The van der Waals surface area contributed by atoms with Crippen molar-refractivity contribution < 1.29 is 25.6 Å². The molecule has 0 spiro atoms. The summed E-state index contributed by atoms with van der Waals surface area (Å²) >= 11 is 4.62. The minimum absolute atomic E-state index is 0.620. The number of benzene rings is 1. The van der Waals surface area contributed by atoms with Crippen molar-refractivity contribution in [2.24, 2.45) is 0 Å². The van der Waals surface area contributed by atoms with Crippen LogP contribution in [0.5, 0.6) is 0 Å². The van der Waals surface area contributed by atoms with Crippen molar-refractivity contribution in [1.29, 1.82) is 0 Å². The molecule has 0 saturated carbocycles. The van der Waals surface area contributed by atoms with Gasteiger partial charge in [-0.1, -0.05) is 16.5 Å². The molecule has 0 aliphatic carbocycles. The van der Waals surface area contributed by atoms with Crippen molar-refractivity contribution in [1.82, 2.24) is 0 Å². The standard InChI is InChI=1S/C6H4Cl2O6S2/c7-13-14-16(11,12)6-4-2-1-3-5(6)15(8,9)10/h1-4H. The molecular weight excluding hydrogens is 303 g/mol. The van der Waals surface area contributed by atoms with E-state index < -0.39 is 29.0 Å². The minimum Gasteiger partial charge on any atom is -0.207 e. The van der Waals surface area contributed by atoms with Crippen molar-refractivity contribution in [3.8, 4) is 0 Å². The highest BCUT2D eigenvalue weighted by Crippen LogP contribution is 2.25. The number of halogens is 2. The Morgan fingerprint density at radius 3 is 1.94 bits per heavy atom. The maximum absolute atomic E-state index is 11.3. The van der Waals surface area contributed by atoms with Crippen LogP contribution < -0.4 is 0 Å². The largest absolute Gasteiger partial charge is 0.325 e. The molecule has 0 saturated heterocycles. The van der Waals surface area contributed by atoms with E-state index in [1.165, 1.54) is 12.1 Å². The van der Waals surface area contributed by atoms with E-state index in [1.54, 1.807) is 0 Å². The fourth-order valence-corrected chi connectivity index (χ4v) is 3.56. The van der Waals surface area contributed by atoms with E-state index in [0.29, 0.717) is 0 Å². The molecule has 10 heteroatoms. The second-order valence-corrected chi connectivity index (χ2v) is 6.61. The Morgan fingerprint density at radius 2 is 1.50 bits per heavy atom. The van der Waals surface area contributed by atoms with Gasteiger partial charge in [-0.2, -0.15) is 8.42 Å². The smallest absolute Gasteiger partial charge is 0.207 e. The van der Waals surface area contributed by atoms with Crippen molar-refractivity contribution in [2.75, 3.05) is 0 Å². The van der Waals surface area contributed by atoms with Crippen LogP contribution in [0.3, 0.4) is 0 Å². The van der Waals surface area contributed by atoms with Gasteiger partial charge in [-0.05, 0) is 12.1 Å². The van der Waals surface area contributed by atoms with Gasteiger partial charge in [-0.25, -0.2) is 8.42 Å². The second kappa shape index (κ2) is 4.86. The molecule has 0 atom stereocenters. The molecule has 0 amide bonds. The minimum atomic E-state index is -4.44. The lowest BCUT2D eigenvalue weighted by molar-refractivity contribution is -0.0843. The van der Waals surface area contributed by atoms with Crippen molar-refractivity contribution in [3.05, 3.63) is 24.3 Å². The Kier molecular flexibility index (Phi) is 4.16. The van der Waals surface area contributed by atoms with Gasteiger partial charge in [0.15, 0.2) is 0 Å². The fourth-order valence-electron chi connectivity index (χ4n) is 0.929. The number of hydrogen-bond acceptors (Lipinski definition) is 6. The molecule has 0 N–H and O–H groups in total. The summed E-state index contributed by atoms with van der Waals surface area (Å²) in [5.74, 6) is 0. The average molecular weight is 307 g/mol. The highest BCUT2D eigenvalue weighted by atomic mass is 35.7. The first-order valence-corrected chi connectivity index (χ1v) is 7.57. The zero-order chi connectivity index (χ0) is 12.4. The molecule has 0 aliphatic rings. The lowest BCUT2D eigenvalue weighted by Crippen LogP contribution is -2.08. The summed E-state index contributed by atoms with van der Waals surface area (Å²) in [7, 11) is -3.61. The predicted octanol–water partition coefficient (Wildman–Crippen LogP) is 1.40. The highest BCUT2D eigenvalue weighted by Gasteiger charge is 2.26. The zero-order valence-electron chi connectivity index (χ0n) is 7.33. The van der Waals surface area contributed by atoms with E-state index in [9.17, 15) is 16.8 Å². The Hall–Kier alpha value is -0.380. The van der Waals surface area contributed by atoms with Gasteiger partial charge in [-0.3, -0.25) is 0 Å². The molecule has 0 aliphatic heterocycles. The third-order valence-electron chi connectivity index (χ3n) is 1.50. The maximum Gasteiger partial charge on any atom is 0.325 e. The summed E-state index contributed by atoms with van der Waals surface area (Å²) in [4.78, 5) is -1.28. The summed E-state index contributed by atoms with van der Waals surface area (Å²) < 4.78 is 52.1. The lowest BCUT2D eigenvalue weighted by atomic mass is 10.4. The molecule has 0 unspecified atom stereocenters. The molecule has 90 valence electrons. The molecule has 1 aromatic rings. The molecule has 0 fully saturated rings. The molecule has 0 bridgehead atoms. The molecule has 1 aromatic carbocycles. The third-order valence-corrected chi connectivity index (χ3v) is 4.29. The van der Waals surface area contributed by atoms with E-state index >= 15 is 0 Å². The fraction of sp³-hybridized carbons (Fsp3) is 0. The van der Waals surface area contributed by atoms with Crippen molar-refractivity contribution >= 4 is 41.7 Å². The molecular formula is C6H4Cl2O6S2. The predicted molar refractivity (Wildman–Crippen MR) is 54.7 cm³/mol. The molecule has 1 rings (SSSR count). The van der Waals surface area contributed by atoms with Crippen molar-refractivity contribution in [2.45, 2.75) is 9.79 Å². The summed E-state index contributed by atoms with van der Waals surface area (Å²) in [6.07, 6.45) is 0. The van der Waals surface area contributed by atoms with Crippen LogP contribution in [0.1, 0.15) is 0 Å². The highest BCUT2D eigenvalue weighted by molar-refractivity contribution is 8.14. The van der Waals surface area contributed by atoms with Gasteiger partial charge in [0.1, 0.15) is 21.7 Å². The van der Waals surface area contributed by atoms with E-state index in [1.807, 2.05) is 0 Å². The molecule has 0 heterocycles.